The van der Waals surface area contributed by atoms with Crippen LogP contribution in [0.4, 0.5) is 10.1 Å². The summed E-state index contributed by atoms with van der Waals surface area (Å²) in [6.45, 7) is 1.42. The number of nitrogens with zero attached hydrogens (tertiary/aromatic N) is 2. The number of benzene rings is 1. The van der Waals surface area contributed by atoms with Gasteiger partial charge in [0.1, 0.15) is 5.82 Å². The zero-order chi connectivity index (χ0) is 15.2. The maximum absolute atomic E-state index is 12.7. The van der Waals surface area contributed by atoms with E-state index in [0.717, 1.165) is 0 Å². The fourth-order valence-electron chi connectivity index (χ4n) is 1.46. The number of hydrogen-bond acceptors (Lipinski definition) is 5. The lowest BCUT2D eigenvalue weighted by Gasteiger charge is -2.13. The smallest absolute Gasteiger partial charge is 0.359 e. The summed E-state index contributed by atoms with van der Waals surface area (Å²) < 4.78 is 17.7. The Morgan fingerprint density at radius 2 is 1.95 bits per heavy atom. The van der Waals surface area contributed by atoms with E-state index in [1.165, 1.54) is 49.8 Å². The van der Waals surface area contributed by atoms with E-state index in [2.05, 4.69) is 15.3 Å². The SMILES string of the molecule is C[C@H](OC(=O)c1cnccn1)C(=O)Nc1ccc(F)cc1. The number of carbonyl (C=O) groups is 2. The molecule has 0 unspecified atom stereocenters. The lowest BCUT2D eigenvalue weighted by atomic mass is 10.3. The highest BCUT2D eigenvalue weighted by atomic mass is 19.1. The number of carbonyl (C=O) groups excluding carboxylic acids is 2. The molecule has 21 heavy (non-hydrogen) atoms. The molecule has 2 aromatic rings. The largest absolute Gasteiger partial charge is 0.448 e. The predicted octanol–water partition coefficient (Wildman–Crippen LogP) is 1.80. The predicted molar refractivity (Wildman–Crippen MR) is 71.9 cm³/mol. The monoisotopic (exact) mass is 289 g/mol. The van der Waals surface area contributed by atoms with Crippen LogP contribution in [0.5, 0.6) is 0 Å². The van der Waals surface area contributed by atoms with Gasteiger partial charge >= 0.3 is 5.97 Å². The van der Waals surface area contributed by atoms with Gasteiger partial charge in [0.2, 0.25) is 0 Å². The second-order valence-electron chi connectivity index (χ2n) is 4.13. The van der Waals surface area contributed by atoms with E-state index in [9.17, 15) is 14.0 Å². The highest BCUT2D eigenvalue weighted by Crippen LogP contribution is 2.09. The summed E-state index contributed by atoms with van der Waals surface area (Å²) in [5.74, 6) is -1.68. The molecule has 2 rings (SSSR count). The molecule has 1 aromatic carbocycles. The molecule has 1 atom stereocenters. The lowest BCUT2D eigenvalue weighted by molar-refractivity contribution is -0.123. The fourth-order valence-corrected chi connectivity index (χ4v) is 1.46. The fraction of sp³-hybridized carbons (Fsp3) is 0.143. The van der Waals surface area contributed by atoms with Gasteiger partial charge in [0, 0.05) is 18.1 Å². The Morgan fingerprint density at radius 3 is 2.57 bits per heavy atom. The average Bonchev–Trinajstić information content (AvgIpc) is 2.50. The molecule has 1 heterocycles. The molecule has 6 nitrogen and oxygen atoms in total. The van der Waals surface area contributed by atoms with Crippen molar-refractivity contribution in [1.29, 1.82) is 0 Å². The van der Waals surface area contributed by atoms with Gasteiger partial charge in [-0.3, -0.25) is 9.78 Å². The second-order valence-corrected chi connectivity index (χ2v) is 4.13. The summed E-state index contributed by atoms with van der Waals surface area (Å²) in [4.78, 5) is 31.1. The van der Waals surface area contributed by atoms with E-state index < -0.39 is 23.8 Å². The summed E-state index contributed by atoms with van der Waals surface area (Å²) in [6, 6.07) is 5.24. The highest BCUT2D eigenvalue weighted by molar-refractivity contribution is 5.96. The standard InChI is InChI=1S/C14H12FN3O3/c1-9(21-14(20)12-8-16-6-7-17-12)13(19)18-11-4-2-10(15)3-5-11/h2-9H,1H3,(H,18,19)/t9-/m0/s1. The molecule has 1 amide bonds. The van der Waals surface area contributed by atoms with Gasteiger partial charge < -0.3 is 10.1 Å². The number of hydrogen-bond donors (Lipinski definition) is 1. The van der Waals surface area contributed by atoms with E-state index in [-0.39, 0.29) is 5.69 Å². The molecule has 0 bridgehead atoms. The Kier molecular flexibility index (Phi) is 4.55. The number of aromatic nitrogens is 2. The quantitative estimate of drug-likeness (QED) is 0.868. The van der Waals surface area contributed by atoms with Crippen molar-refractivity contribution in [3.8, 4) is 0 Å². The molecule has 0 aliphatic rings. The van der Waals surface area contributed by atoms with Gasteiger partial charge in [-0.25, -0.2) is 14.2 Å². The van der Waals surface area contributed by atoms with Gasteiger partial charge in [-0.2, -0.15) is 0 Å². The van der Waals surface area contributed by atoms with E-state index in [1.54, 1.807) is 0 Å². The van der Waals surface area contributed by atoms with Crippen molar-refractivity contribution in [2.24, 2.45) is 0 Å². The van der Waals surface area contributed by atoms with Crippen LogP contribution in [0, 0.1) is 5.82 Å². The average molecular weight is 289 g/mol. The maximum Gasteiger partial charge on any atom is 0.359 e. The third-order valence-electron chi connectivity index (χ3n) is 2.54. The zero-order valence-electron chi connectivity index (χ0n) is 11.1. The van der Waals surface area contributed by atoms with Crippen LogP contribution < -0.4 is 5.32 Å². The van der Waals surface area contributed by atoms with Crippen molar-refractivity contribution in [3.63, 3.8) is 0 Å². The molecule has 0 aliphatic heterocycles. The van der Waals surface area contributed by atoms with Crippen LogP contribution in [0.25, 0.3) is 0 Å². The van der Waals surface area contributed by atoms with E-state index in [0.29, 0.717) is 5.69 Å². The minimum Gasteiger partial charge on any atom is -0.448 e. The summed E-state index contributed by atoms with van der Waals surface area (Å²) >= 11 is 0. The van der Waals surface area contributed by atoms with Gasteiger partial charge in [0.05, 0.1) is 6.20 Å². The number of rotatable bonds is 4. The third-order valence-corrected chi connectivity index (χ3v) is 2.54. The third kappa shape index (κ3) is 4.07. The van der Waals surface area contributed by atoms with Crippen LogP contribution in [-0.4, -0.2) is 27.9 Å². The molecule has 0 saturated carbocycles. The minimum atomic E-state index is -1.02. The van der Waals surface area contributed by atoms with E-state index >= 15 is 0 Å². The number of amides is 1. The van der Waals surface area contributed by atoms with Gasteiger partial charge in [-0.1, -0.05) is 0 Å². The van der Waals surface area contributed by atoms with Gasteiger partial charge in [-0.05, 0) is 31.2 Å². The molecule has 0 saturated heterocycles. The van der Waals surface area contributed by atoms with Crippen molar-refractivity contribution >= 4 is 17.6 Å². The van der Waals surface area contributed by atoms with Crippen molar-refractivity contribution in [3.05, 3.63) is 54.4 Å². The van der Waals surface area contributed by atoms with Crippen LogP contribution >= 0.6 is 0 Å². The normalized spacial score (nSPS) is 11.5. The molecular formula is C14H12FN3O3. The van der Waals surface area contributed by atoms with Crippen LogP contribution in [0.3, 0.4) is 0 Å². The number of ether oxygens (including phenoxy) is 1. The first-order valence-electron chi connectivity index (χ1n) is 6.09. The number of halogens is 1. The van der Waals surface area contributed by atoms with Crippen LogP contribution in [0.2, 0.25) is 0 Å². The molecule has 7 heteroatoms. The Balaban J connectivity index is 1.93. The summed E-state index contributed by atoms with van der Waals surface area (Å²) in [5, 5.41) is 2.51. The number of anilines is 1. The highest BCUT2D eigenvalue weighted by Gasteiger charge is 2.19. The Hall–Kier alpha value is -2.83. The topological polar surface area (TPSA) is 81.2 Å². The van der Waals surface area contributed by atoms with Crippen LogP contribution in [-0.2, 0) is 9.53 Å². The zero-order valence-corrected chi connectivity index (χ0v) is 11.1. The lowest BCUT2D eigenvalue weighted by Crippen LogP contribution is -2.30. The van der Waals surface area contributed by atoms with Gasteiger partial charge in [0.25, 0.3) is 5.91 Å². The van der Waals surface area contributed by atoms with Gasteiger partial charge in [-0.15, -0.1) is 0 Å². The molecule has 0 aliphatic carbocycles. The Labute approximate surface area is 120 Å². The summed E-state index contributed by atoms with van der Waals surface area (Å²) in [5.41, 5.74) is 0.419. The minimum absolute atomic E-state index is 0.0129. The summed E-state index contributed by atoms with van der Waals surface area (Å²) in [6.07, 6.45) is 2.98. The number of esters is 1. The molecule has 0 radical (unpaired) electrons. The molecule has 1 N–H and O–H groups in total. The van der Waals surface area contributed by atoms with Crippen molar-refractivity contribution in [1.82, 2.24) is 9.97 Å². The Morgan fingerprint density at radius 1 is 1.24 bits per heavy atom. The second kappa shape index (κ2) is 6.56. The van der Waals surface area contributed by atoms with Crippen molar-refractivity contribution < 1.29 is 18.7 Å². The maximum atomic E-state index is 12.7. The molecule has 0 spiro atoms. The first kappa shape index (κ1) is 14.6. The van der Waals surface area contributed by atoms with Crippen molar-refractivity contribution in [2.45, 2.75) is 13.0 Å². The van der Waals surface area contributed by atoms with Crippen LogP contribution in [0.1, 0.15) is 17.4 Å². The van der Waals surface area contributed by atoms with Gasteiger partial charge in [0.15, 0.2) is 11.8 Å². The summed E-state index contributed by atoms with van der Waals surface area (Å²) in [7, 11) is 0. The molecular weight excluding hydrogens is 277 g/mol. The molecule has 108 valence electrons. The number of nitrogens with one attached hydrogen (secondary N) is 1. The molecule has 0 fully saturated rings. The van der Waals surface area contributed by atoms with Crippen LogP contribution in [0.15, 0.2) is 42.9 Å². The first-order chi connectivity index (χ1) is 10.1. The first-order valence-corrected chi connectivity index (χ1v) is 6.09. The molecule has 1 aromatic heterocycles. The van der Waals surface area contributed by atoms with E-state index in [1.807, 2.05) is 0 Å². The Bertz CT molecular complexity index is 632. The van der Waals surface area contributed by atoms with Crippen molar-refractivity contribution in [2.75, 3.05) is 5.32 Å². The van der Waals surface area contributed by atoms with E-state index in [4.69, 9.17) is 4.74 Å².